The molecule has 2 N–H and O–H groups in total. The second-order valence-electron chi connectivity index (χ2n) is 6.48. The van der Waals surface area contributed by atoms with E-state index < -0.39 is 5.97 Å². The summed E-state index contributed by atoms with van der Waals surface area (Å²) in [5.41, 5.74) is 5.71. The van der Waals surface area contributed by atoms with Crippen LogP contribution in [0.1, 0.15) is 21.5 Å². The van der Waals surface area contributed by atoms with Gasteiger partial charge in [-0.25, -0.2) is 10.2 Å². The summed E-state index contributed by atoms with van der Waals surface area (Å²) in [6.07, 6.45) is 1.52. The van der Waals surface area contributed by atoms with Crippen LogP contribution in [-0.4, -0.2) is 24.6 Å². The smallest absolute Gasteiger partial charge is 0.343 e. The Kier molecular flexibility index (Phi) is 7.34. The topological polar surface area (TPSA) is 79.8 Å². The lowest BCUT2D eigenvalue weighted by Crippen LogP contribution is -2.25. The van der Waals surface area contributed by atoms with Crippen molar-refractivity contribution in [2.24, 2.45) is 5.10 Å². The van der Waals surface area contributed by atoms with Crippen molar-refractivity contribution in [2.75, 3.05) is 11.9 Å². The Morgan fingerprint density at radius 1 is 0.967 bits per heavy atom. The van der Waals surface area contributed by atoms with Crippen LogP contribution in [0.4, 0.5) is 5.69 Å². The van der Waals surface area contributed by atoms with Gasteiger partial charge in [-0.1, -0.05) is 33.6 Å². The third kappa shape index (κ3) is 6.56. The number of esters is 1. The van der Waals surface area contributed by atoms with Crippen LogP contribution in [0.25, 0.3) is 0 Å². The lowest BCUT2D eigenvalue weighted by molar-refractivity contribution is -0.119. The fraction of sp³-hybridized carbons (Fsp3) is 0.0870. The number of carbonyl (C=O) groups excluding carboxylic acids is 2. The van der Waals surface area contributed by atoms with Gasteiger partial charge in [-0.15, -0.1) is 0 Å². The lowest BCUT2D eigenvalue weighted by Gasteiger charge is -2.06. The molecule has 0 fully saturated rings. The third-order valence-electron chi connectivity index (χ3n) is 4.08. The summed E-state index contributed by atoms with van der Waals surface area (Å²) in [5.74, 6) is -0.268. The molecular weight excluding hydrogens is 446 g/mol. The second kappa shape index (κ2) is 10.4. The molecular formula is C23H20BrN3O3. The maximum absolute atomic E-state index is 12.1. The molecule has 0 aliphatic heterocycles. The SMILES string of the molecule is Cc1ccc(NCC(=O)N/N=C/c2ccc(OC(=O)c3ccc(Br)cc3)cc2)cc1. The number of hydrogen-bond acceptors (Lipinski definition) is 5. The highest BCUT2D eigenvalue weighted by molar-refractivity contribution is 9.10. The number of carbonyl (C=O) groups is 2. The van der Waals surface area contributed by atoms with Crippen LogP contribution in [0.2, 0.25) is 0 Å². The predicted octanol–water partition coefficient (Wildman–Crippen LogP) is 4.54. The predicted molar refractivity (Wildman–Crippen MR) is 121 cm³/mol. The van der Waals surface area contributed by atoms with E-state index in [1.165, 1.54) is 6.21 Å². The molecule has 0 aliphatic carbocycles. The summed E-state index contributed by atoms with van der Waals surface area (Å²) >= 11 is 3.33. The Morgan fingerprint density at radius 3 is 2.30 bits per heavy atom. The molecule has 0 atom stereocenters. The van der Waals surface area contributed by atoms with Crippen LogP contribution in [0.15, 0.2) is 82.4 Å². The molecule has 0 aliphatic rings. The average Bonchev–Trinajstić information content (AvgIpc) is 2.75. The van der Waals surface area contributed by atoms with Crippen molar-refractivity contribution < 1.29 is 14.3 Å². The number of hydrogen-bond donors (Lipinski definition) is 2. The number of anilines is 1. The maximum atomic E-state index is 12.1. The van der Waals surface area contributed by atoms with E-state index in [0.717, 1.165) is 21.3 Å². The van der Waals surface area contributed by atoms with Gasteiger partial charge in [0.1, 0.15) is 5.75 Å². The van der Waals surface area contributed by atoms with Gasteiger partial charge in [0.2, 0.25) is 0 Å². The molecule has 7 heteroatoms. The summed E-state index contributed by atoms with van der Waals surface area (Å²) in [6.45, 7) is 2.12. The molecule has 0 aromatic heterocycles. The first-order valence-electron chi connectivity index (χ1n) is 9.20. The molecule has 0 saturated heterocycles. The van der Waals surface area contributed by atoms with Gasteiger partial charge in [0.25, 0.3) is 5.91 Å². The fourth-order valence-corrected chi connectivity index (χ4v) is 2.71. The second-order valence-corrected chi connectivity index (χ2v) is 7.39. The number of amides is 1. The normalized spacial score (nSPS) is 10.6. The van der Waals surface area contributed by atoms with Crippen molar-refractivity contribution in [3.05, 3.63) is 94.0 Å². The minimum Gasteiger partial charge on any atom is -0.423 e. The van der Waals surface area contributed by atoms with Gasteiger partial charge in [-0.3, -0.25) is 4.79 Å². The fourth-order valence-electron chi connectivity index (χ4n) is 2.45. The third-order valence-corrected chi connectivity index (χ3v) is 4.61. The highest BCUT2D eigenvalue weighted by atomic mass is 79.9. The van der Waals surface area contributed by atoms with Gasteiger partial charge in [0.15, 0.2) is 0 Å². The van der Waals surface area contributed by atoms with Crippen LogP contribution in [0, 0.1) is 6.92 Å². The van der Waals surface area contributed by atoms with E-state index in [-0.39, 0.29) is 12.5 Å². The lowest BCUT2D eigenvalue weighted by atomic mass is 10.2. The highest BCUT2D eigenvalue weighted by Gasteiger charge is 2.08. The summed E-state index contributed by atoms with van der Waals surface area (Å²) in [5, 5.41) is 6.96. The van der Waals surface area contributed by atoms with E-state index in [4.69, 9.17) is 4.74 Å². The number of aryl methyl sites for hydroxylation is 1. The molecule has 0 radical (unpaired) electrons. The average molecular weight is 466 g/mol. The molecule has 6 nitrogen and oxygen atoms in total. The zero-order valence-electron chi connectivity index (χ0n) is 16.3. The molecule has 0 unspecified atom stereocenters. The minimum absolute atomic E-state index is 0.116. The number of nitrogens with one attached hydrogen (secondary N) is 2. The number of nitrogens with zero attached hydrogens (tertiary/aromatic N) is 1. The van der Waals surface area contributed by atoms with Crippen LogP contribution >= 0.6 is 15.9 Å². The van der Waals surface area contributed by atoms with E-state index in [2.05, 4.69) is 31.8 Å². The Hall–Kier alpha value is -3.45. The van der Waals surface area contributed by atoms with Gasteiger partial charge in [0.05, 0.1) is 18.3 Å². The van der Waals surface area contributed by atoms with Gasteiger partial charge in [-0.2, -0.15) is 5.10 Å². The molecule has 3 aromatic rings. The summed E-state index contributed by atoms with van der Waals surface area (Å²) in [4.78, 5) is 24.0. The van der Waals surface area contributed by atoms with Crippen molar-refractivity contribution in [3.63, 3.8) is 0 Å². The number of halogens is 1. The van der Waals surface area contributed by atoms with Crippen molar-refractivity contribution in [1.82, 2.24) is 5.43 Å². The van der Waals surface area contributed by atoms with Gasteiger partial charge < -0.3 is 10.1 Å². The molecule has 0 spiro atoms. The van der Waals surface area contributed by atoms with Gasteiger partial charge in [-0.05, 0) is 73.2 Å². The first-order valence-corrected chi connectivity index (χ1v) is 9.99. The quantitative estimate of drug-likeness (QED) is 0.232. The van der Waals surface area contributed by atoms with Gasteiger partial charge >= 0.3 is 5.97 Å². The standard InChI is InChI=1S/C23H20BrN3O3/c1-16-2-10-20(11-3-16)25-15-22(28)27-26-14-17-4-12-21(13-5-17)30-23(29)18-6-8-19(24)9-7-18/h2-14,25H,15H2,1H3,(H,27,28)/b26-14+. The van der Waals surface area contributed by atoms with Crippen LogP contribution in [0.3, 0.4) is 0 Å². The molecule has 3 rings (SSSR count). The van der Waals surface area contributed by atoms with E-state index in [1.807, 2.05) is 31.2 Å². The molecule has 1 amide bonds. The summed E-state index contributed by atoms with van der Waals surface area (Å²) in [7, 11) is 0. The molecule has 30 heavy (non-hydrogen) atoms. The van der Waals surface area contributed by atoms with Gasteiger partial charge in [0, 0.05) is 10.2 Å². The Balaban J connectivity index is 1.45. The van der Waals surface area contributed by atoms with Crippen molar-refractivity contribution in [1.29, 1.82) is 0 Å². The molecule has 152 valence electrons. The molecule has 0 saturated carbocycles. The summed E-state index contributed by atoms with van der Waals surface area (Å²) in [6, 6.07) is 21.5. The first-order chi connectivity index (χ1) is 14.5. The maximum Gasteiger partial charge on any atom is 0.343 e. The zero-order chi connectivity index (χ0) is 21.3. The zero-order valence-corrected chi connectivity index (χ0v) is 17.8. The highest BCUT2D eigenvalue weighted by Crippen LogP contribution is 2.15. The van der Waals surface area contributed by atoms with E-state index >= 15 is 0 Å². The number of rotatable bonds is 7. The van der Waals surface area contributed by atoms with E-state index in [9.17, 15) is 9.59 Å². The van der Waals surface area contributed by atoms with E-state index in [1.54, 1.807) is 48.5 Å². The largest absolute Gasteiger partial charge is 0.423 e. The van der Waals surface area contributed by atoms with Crippen LogP contribution in [-0.2, 0) is 4.79 Å². The number of hydrazone groups is 1. The number of ether oxygens (including phenoxy) is 1. The molecule has 0 heterocycles. The molecule has 3 aromatic carbocycles. The Morgan fingerprint density at radius 2 is 1.63 bits per heavy atom. The molecule has 0 bridgehead atoms. The van der Waals surface area contributed by atoms with Crippen molar-refractivity contribution in [3.8, 4) is 5.75 Å². The minimum atomic E-state index is -0.433. The monoisotopic (exact) mass is 465 g/mol. The van der Waals surface area contributed by atoms with Crippen LogP contribution < -0.4 is 15.5 Å². The summed E-state index contributed by atoms with van der Waals surface area (Å²) < 4.78 is 6.23. The number of benzene rings is 3. The Labute approximate surface area is 183 Å². The van der Waals surface area contributed by atoms with Crippen molar-refractivity contribution >= 4 is 39.7 Å². The van der Waals surface area contributed by atoms with Crippen LogP contribution in [0.5, 0.6) is 5.75 Å². The Bertz CT molecular complexity index is 1030. The van der Waals surface area contributed by atoms with Crippen molar-refractivity contribution in [2.45, 2.75) is 6.92 Å². The van der Waals surface area contributed by atoms with E-state index in [0.29, 0.717) is 11.3 Å². The first kappa shape index (κ1) is 21.3.